The summed E-state index contributed by atoms with van der Waals surface area (Å²) in [4.78, 5) is 13.8. The molecule has 0 saturated carbocycles. The summed E-state index contributed by atoms with van der Waals surface area (Å²) in [5, 5.41) is 0. The maximum absolute atomic E-state index is 14.1. The summed E-state index contributed by atoms with van der Waals surface area (Å²) in [6, 6.07) is 4.41. The molecule has 1 aliphatic rings. The van der Waals surface area contributed by atoms with Crippen molar-refractivity contribution < 1.29 is 13.9 Å². The van der Waals surface area contributed by atoms with E-state index in [0.717, 1.165) is 10.9 Å². The van der Waals surface area contributed by atoms with E-state index in [1.165, 1.54) is 6.07 Å². The first kappa shape index (κ1) is 18.2. The molecule has 1 heterocycles. The lowest BCUT2D eigenvalue weighted by Crippen LogP contribution is -2.38. The van der Waals surface area contributed by atoms with Crippen LogP contribution in [0.4, 0.5) is 9.18 Å². The first-order chi connectivity index (χ1) is 10.7. The average Bonchev–Trinajstić information content (AvgIpc) is 2.91. The Bertz CT molecular complexity index is 577. The predicted molar refractivity (Wildman–Crippen MR) is 90.1 cm³/mol. The van der Waals surface area contributed by atoms with Gasteiger partial charge >= 0.3 is 6.09 Å². The van der Waals surface area contributed by atoms with Gasteiger partial charge in [0.25, 0.3) is 0 Å². The highest BCUT2D eigenvalue weighted by molar-refractivity contribution is 9.10. The minimum Gasteiger partial charge on any atom is -0.444 e. The van der Waals surface area contributed by atoms with Gasteiger partial charge in [-0.2, -0.15) is 0 Å². The monoisotopic (exact) mass is 387 g/mol. The molecule has 2 unspecified atom stereocenters. The summed E-state index contributed by atoms with van der Waals surface area (Å²) in [6.45, 7) is 6.56. The maximum atomic E-state index is 14.1. The number of amides is 1. The van der Waals surface area contributed by atoms with Gasteiger partial charge in [-0.05, 0) is 51.3 Å². The normalized spacial score (nSPS) is 19.7. The first-order valence-corrected chi connectivity index (χ1v) is 8.39. The van der Waals surface area contributed by atoms with Crippen molar-refractivity contribution >= 4 is 22.0 Å². The van der Waals surface area contributed by atoms with Gasteiger partial charge in [-0.1, -0.05) is 15.9 Å². The number of likely N-dealkylation sites (tertiary alicyclic amines) is 1. The summed E-state index contributed by atoms with van der Waals surface area (Å²) >= 11 is 3.35. The Balaban J connectivity index is 2.10. The van der Waals surface area contributed by atoms with Crippen LogP contribution in [0.5, 0.6) is 0 Å². The van der Waals surface area contributed by atoms with Crippen LogP contribution in [-0.2, 0) is 4.74 Å². The van der Waals surface area contributed by atoms with E-state index in [1.54, 1.807) is 17.0 Å². The molecule has 1 amide bonds. The number of halogens is 2. The number of hydrogen-bond acceptors (Lipinski definition) is 4. The summed E-state index contributed by atoms with van der Waals surface area (Å²) in [5.41, 5.74) is 2.66. The zero-order chi connectivity index (χ0) is 17.2. The summed E-state index contributed by atoms with van der Waals surface area (Å²) < 4.78 is 20.3. The van der Waals surface area contributed by atoms with E-state index in [-0.39, 0.29) is 23.9 Å². The van der Waals surface area contributed by atoms with Crippen molar-refractivity contribution in [3.05, 3.63) is 34.1 Å². The maximum Gasteiger partial charge on any atom is 0.410 e. The van der Waals surface area contributed by atoms with Crippen molar-refractivity contribution in [2.45, 2.75) is 38.8 Å². The van der Waals surface area contributed by atoms with Crippen molar-refractivity contribution in [2.75, 3.05) is 13.1 Å². The molecular weight excluding hydrogens is 365 g/mol. The standard InChI is InChI=1S/C16H23BrFN3O2/c1-16(2,3)23-15(22)21-7-6-10(9-21)14(20-19)12-8-11(17)4-5-13(12)18/h4-5,8,10,14,20H,6-7,9,19H2,1-3H3. The van der Waals surface area contributed by atoms with Gasteiger partial charge in [-0.15, -0.1) is 0 Å². The minimum atomic E-state index is -0.531. The van der Waals surface area contributed by atoms with Crippen LogP contribution in [0.25, 0.3) is 0 Å². The van der Waals surface area contributed by atoms with Gasteiger partial charge in [0, 0.05) is 23.1 Å². The molecule has 7 heteroatoms. The second-order valence-electron chi connectivity index (χ2n) is 6.79. The molecule has 1 fully saturated rings. The fourth-order valence-corrected chi connectivity index (χ4v) is 3.16. The SMILES string of the molecule is CC(C)(C)OC(=O)N1CCC(C(NN)c2cc(Br)ccc2F)C1. The van der Waals surface area contributed by atoms with Crippen LogP contribution in [0, 0.1) is 11.7 Å². The Morgan fingerprint density at radius 3 is 2.83 bits per heavy atom. The van der Waals surface area contributed by atoms with Gasteiger partial charge in [0.05, 0.1) is 6.04 Å². The van der Waals surface area contributed by atoms with Gasteiger partial charge < -0.3 is 9.64 Å². The lowest BCUT2D eigenvalue weighted by Gasteiger charge is -2.26. The Kier molecular flexibility index (Phi) is 5.65. The van der Waals surface area contributed by atoms with E-state index in [2.05, 4.69) is 21.4 Å². The molecule has 1 aromatic rings. The third-order valence-electron chi connectivity index (χ3n) is 3.82. The van der Waals surface area contributed by atoms with Crippen molar-refractivity contribution in [3.63, 3.8) is 0 Å². The van der Waals surface area contributed by atoms with Crippen LogP contribution in [0.1, 0.15) is 38.8 Å². The number of nitrogens with two attached hydrogens (primary N) is 1. The van der Waals surface area contributed by atoms with Gasteiger partial charge in [0.2, 0.25) is 0 Å². The fraction of sp³-hybridized carbons (Fsp3) is 0.562. The highest BCUT2D eigenvalue weighted by atomic mass is 79.9. The number of benzene rings is 1. The van der Waals surface area contributed by atoms with Crippen LogP contribution in [0.3, 0.4) is 0 Å². The number of nitrogens with one attached hydrogen (secondary N) is 1. The van der Waals surface area contributed by atoms with Crippen LogP contribution in [0.2, 0.25) is 0 Å². The molecule has 3 N–H and O–H groups in total. The third-order valence-corrected chi connectivity index (χ3v) is 4.31. The largest absolute Gasteiger partial charge is 0.444 e. The number of carbonyl (C=O) groups is 1. The van der Waals surface area contributed by atoms with Gasteiger partial charge in [0.1, 0.15) is 11.4 Å². The van der Waals surface area contributed by atoms with E-state index in [9.17, 15) is 9.18 Å². The highest BCUT2D eigenvalue weighted by Crippen LogP contribution is 2.33. The molecule has 5 nitrogen and oxygen atoms in total. The van der Waals surface area contributed by atoms with Crippen LogP contribution >= 0.6 is 15.9 Å². The number of ether oxygens (including phenoxy) is 1. The number of hydrazine groups is 1. The molecule has 0 spiro atoms. The summed E-state index contributed by atoms with van der Waals surface area (Å²) in [6.07, 6.45) is 0.394. The van der Waals surface area contributed by atoms with Gasteiger partial charge in [0.15, 0.2) is 0 Å². The lowest BCUT2D eigenvalue weighted by molar-refractivity contribution is 0.0285. The highest BCUT2D eigenvalue weighted by Gasteiger charge is 2.35. The van der Waals surface area contributed by atoms with Crippen molar-refractivity contribution in [2.24, 2.45) is 11.8 Å². The zero-order valence-electron chi connectivity index (χ0n) is 13.6. The molecule has 1 aliphatic heterocycles. The van der Waals surface area contributed by atoms with Crippen molar-refractivity contribution in [1.82, 2.24) is 10.3 Å². The molecule has 23 heavy (non-hydrogen) atoms. The number of carbonyl (C=O) groups excluding carboxylic acids is 1. The quantitative estimate of drug-likeness (QED) is 0.616. The fourth-order valence-electron chi connectivity index (χ4n) is 2.78. The summed E-state index contributed by atoms with van der Waals surface area (Å²) in [7, 11) is 0. The van der Waals surface area contributed by atoms with Gasteiger partial charge in [-0.3, -0.25) is 11.3 Å². The van der Waals surface area contributed by atoms with Crippen LogP contribution in [0.15, 0.2) is 22.7 Å². The smallest absolute Gasteiger partial charge is 0.410 e. The Hall–Kier alpha value is -1.18. The van der Waals surface area contributed by atoms with E-state index in [4.69, 9.17) is 10.6 Å². The first-order valence-electron chi connectivity index (χ1n) is 7.60. The number of hydrogen-bond donors (Lipinski definition) is 2. The third kappa shape index (κ3) is 4.65. The Labute approximate surface area is 144 Å². The molecule has 128 valence electrons. The molecule has 1 aromatic carbocycles. The van der Waals surface area contributed by atoms with E-state index in [0.29, 0.717) is 18.7 Å². The zero-order valence-corrected chi connectivity index (χ0v) is 15.2. The number of nitrogens with zero attached hydrogens (tertiary/aromatic N) is 1. The van der Waals surface area contributed by atoms with Crippen LogP contribution in [-0.4, -0.2) is 29.7 Å². The number of rotatable bonds is 3. The van der Waals surface area contributed by atoms with Gasteiger partial charge in [-0.25, -0.2) is 9.18 Å². The lowest BCUT2D eigenvalue weighted by atomic mass is 9.92. The Morgan fingerprint density at radius 2 is 2.22 bits per heavy atom. The molecular formula is C16H23BrFN3O2. The molecule has 2 atom stereocenters. The average molecular weight is 388 g/mol. The predicted octanol–water partition coefficient (Wildman–Crippen LogP) is 3.35. The van der Waals surface area contributed by atoms with E-state index >= 15 is 0 Å². The molecule has 1 saturated heterocycles. The van der Waals surface area contributed by atoms with Crippen molar-refractivity contribution in [3.8, 4) is 0 Å². The molecule has 0 radical (unpaired) electrons. The Morgan fingerprint density at radius 1 is 1.52 bits per heavy atom. The minimum absolute atomic E-state index is 0.0244. The summed E-state index contributed by atoms with van der Waals surface area (Å²) in [5.74, 6) is 5.37. The van der Waals surface area contributed by atoms with Crippen LogP contribution < -0.4 is 11.3 Å². The topological polar surface area (TPSA) is 67.6 Å². The molecule has 0 aromatic heterocycles. The molecule has 0 aliphatic carbocycles. The second kappa shape index (κ2) is 7.15. The second-order valence-corrected chi connectivity index (χ2v) is 7.70. The van der Waals surface area contributed by atoms with Crippen molar-refractivity contribution in [1.29, 1.82) is 0 Å². The van der Waals surface area contributed by atoms with E-state index in [1.807, 2.05) is 20.8 Å². The molecule has 0 bridgehead atoms. The van der Waals surface area contributed by atoms with E-state index < -0.39 is 5.60 Å². The molecule has 2 rings (SSSR count).